The molecule has 0 aliphatic carbocycles. The first-order chi connectivity index (χ1) is 12.3. The van der Waals surface area contributed by atoms with E-state index >= 15 is 0 Å². The summed E-state index contributed by atoms with van der Waals surface area (Å²) >= 11 is 0. The van der Waals surface area contributed by atoms with Gasteiger partial charge in [-0.25, -0.2) is 4.79 Å². The summed E-state index contributed by atoms with van der Waals surface area (Å²) in [7, 11) is 0. The summed E-state index contributed by atoms with van der Waals surface area (Å²) in [6.45, 7) is 6.59. The third-order valence-electron chi connectivity index (χ3n) is 4.09. The van der Waals surface area contributed by atoms with Gasteiger partial charge in [-0.15, -0.1) is 0 Å². The van der Waals surface area contributed by atoms with Gasteiger partial charge in [0.25, 0.3) is 0 Å². The largest absolute Gasteiger partial charge is 0.482 e. The molecule has 0 unspecified atom stereocenters. The van der Waals surface area contributed by atoms with Crippen LogP contribution in [0.15, 0.2) is 42.5 Å². The van der Waals surface area contributed by atoms with Crippen LogP contribution in [0.25, 0.3) is 0 Å². The minimum absolute atomic E-state index is 0.0466. The molecule has 0 heterocycles. The maximum Gasteiger partial charge on any atom is 0.344 e. The molecule has 1 atom stereocenters. The van der Waals surface area contributed by atoms with E-state index < -0.39 is 12.1 Å². The molecule has 0 spiro atoms. The van der Waals surface area contributed by atoms with Crippen LogP contribution in [-0.4, -0.2) is 30.2 Å². The molecule has 26 heavy (non-hydrogen) atoms. The third kappa shape index (κ3) is 5.02. The van der Waals surface area contributed by atoms with Crippen molar-refractivity contribution < 1.29 is 23.9 Å². The van der Waals surface area contributed by atoms with Crippen LogP contribution in [0.3, 0.4) is 0 Å². The van der Waals surface area contributed by atoms with Gasteiger partial charge in [0.1, 0.15) is 5.75 Å². The van der Waals surface area contributed by atoms with E-state index in [0.29, 0.717) is 16.9 Å². The topological polar surface area (TPSA) is 69.7 Å². The number of aryl methyl sites for hydroxylation is 2. The standard InChI is InChI=1S/C21H22O5/c1-13-5-6-18(11-14(13)2)21(24)16(4)26-20(23)12-25-19-9-7-17(8-10-19)15(3)22/h5-11,16H,12H2,1-4H3/t16-/m0/s1. The van der Waals surface area contributed by atoms with E-state index in [-0.39, 0.29) is 18.2 Å². The normalized spacial score (nSPS) is 11.5. The van der Waals surface area contributed by atoms with Crippen molar-refractivity contribution in [3.8, 4) is 5.75 Å². The number of ketones is 2. The minimum Gasteiger partial charge on any atom is -0.482 e. The van der Waals surface area contributed by atoms with E-state index in [1.54, 1.807) is 36.4 Å². The molecule has 5 nitrogen and oxygen atoms in total. The van der Waals surface area contributed by atoms with Crippen LogP contribution in [0.1, 0.15) is 45.7 Å². The fourth-order valence-electron chi connectivity index (χ4n) is 2.34. The molecule has 136 valence electrons. The van der Waals surface area contributed by atoms with Gasteiger partial charge in [0, 0.05) is 11.1 Å². The fraction of sp³-hybridized carbons (Fsp3) is 0.286. The molecule has 0 saturated heterocycles. The highest BCUT2D eigenvalue weighted by Crippen LogP contribution is 2.14. The van der Waals surface area contributed by atoms with Crippen LogP contribution in [-0.2, 0) is 9.53 Å². The molecule has 5 heteroatoms. The molecule has 0 N–H and O–H groups in total. The highest BCUT2D eigenvalue weighted by atomic mass is 16.6. The summed E-state index contributed by atoms with van der Waals surface area (Å²) in [5.74, 6) is -0.493. The predicted octanol–water partition coefficient (Wildman–Crippen LogP) is 3.70. The Labute approximate surface area is 152 Å². The van der Waals surface area contributed by atoms with Crippen molar-refractivity contribution in [2.75, 3.05) is 6.61 Å². The second-order valence-electron chi connectivity index (χ2n) is 6.16. The Morgan fingerprint density at radius 1 is 0.923 bits per heavy atom. The Kier molecular flexibility index (Phi) is 6.28. The van der Waals surface area contributed by atoms with Gasteiger partial charge in [0.2, 0.25) is 5.78 Å². The van der Waals surface area contributed by atoms with Gasteiger partial charge in [-0.1, -0.05) is 12.1 Å². The molecule has 2 aromatic carbocycles. The van der Waals surface area contributed by atoms with E-state index in [0.717, 1.165) is 11.1 Å². The molecule has 0 aliphatic rings. The van der Waals surface area contributed by atoms with Crippen LogP contribution >= 0.6 is 0 Å². The SMILES string of the molecule is CC(=O)c1ccc(OCC(=O)O[C@@H](C)C(=O)c2ccc(C)c(C)c2)cc1. The Bertz CT molecular complexity index is 821. The lowest BCUT2D eigenvalue weighted by atomic mass is 10.0. The molecule has 2 rings (SSSR count). The van der Waals surface area contributed by atoms with E-state index in [9.17, 15) is 14.4 Å². The van der Waals surface area contributed by atoms with Gasteiger partial charge < -0.3 is 9.47 Å². The molecule has 0 aliphatic heterocycles. The first-order valence-corrected chi connectivity index (χ1v) is 8.32. The van der Waals surface area contributed by atoms with Gasteiger partial charge in [-0.2, -0.15) is 0 Å². The van der Waals surface area contributed by atoms with Crippen molar-refractivity contribution in [2.24, 2.45) is 0 Å². The molecule has 0 radical (unpaired) electrons. The number of Topliss-reactive ketones (excluding diaryl/α,β-unsaturated/α-hetero) is 2. The van der Waals surface area contributed by atoms with Crippen molar-refractivity contribution in [1.29, 1.82) is 0 Å². The molecular weight excluding hydrogens is 332 g/mol. The summed E-state index contributed by atoms with van der Waals surface area (Å²) in [4.78, 5) is 35.5. The van der Waals surface area contributed by atoms with Crippen molar-refractivity contribution in [3.05, 3.63) is 64.7 Å². The summed E-state index contributed by atoms with van der Waals surface area (Å²) in [5.41, 5.74) is 3.17. The van der Waals surface area contributed by atoms with Crippen molar-refractivity contribution in [2.45, 2.75) is 33.8 Å². The van der Waals surface area contributed by atoms with Crippen molar-refractivity contribution in [1.82, 2.24) is 0 Å². The lowest BCUT2D eigenvalue weighted by Gasteiger charge is -2.13. The van der Waals surface area contributed by atoms with Crippen LogP contribution in [0.4, 0.5) is 0 Å². The molecule has 0 aromatic heterocycles. The lowest BCUT2D eigenvalue weighted by Crippen LogP contribution is -2.27. The number of carbonyl (C=O) groups excluding carboxylic acids is 3. The van der Waals surface area contributed by atoms with Crippen LogP contribution < -0.4 is 4.74 Å². The van der Waals surface area contributed by atoms with Gasteiger partial charge in [0.05, 0.1) is 0 Å². The van der Waals surface area contributed by atoms with Gasteiger partial charge in [-0.3, -0.25) is 9.59 Å². The van der Waals surface area contributed by atoms with E-state index in [1.165, 1.54) is 13.8 Å². The van der Waals surface area contributed by atoms with Crippen LogP contribution in [0.2, 0.25) is 0 Å². The maximum atomic E-state index is 12.4. The molecular formula is C21H22O5. The molecule has 0 amide bonds. The fourth-order valence-corrected chi connectivity index (χ4v) is 2.34. The summed E-state index contributed by atoms with van der Waals surface area (Å²) in [6, 6.07) is 11.8. The maximum absolute atomic E-state index is 12.4. The Morgan fingerprint density at radius 3 is 2.12 bits per heavy atom. The van der Waals surface area contributed by atoms with Crippen LogP contribution in [0.5, 0.6) is 5.75 Å². The number of hydrogen-bond acceptors (Lipinski definition) is 5. The van der Waals surface area contributed by atoms with Gasteiger partial charge >= 0.3 is 5.97 Å². The van der Waals surface area contributed by atoms with Crippen LogP contribution in [0, 0.1) is 13.8 Å². The first kappa shape index (κ1) is 19.4. The zero-order valence-corrected chi connectivity index (χ0v) is 15.4. The zero-order valence-electron chi connectivity index (χ0n) is 15.4. The number of benzene rings is 2. The molecule has 0 bridgehead atoms. The number of carbonyl (C=O) groups is 3. The highest BCUT2D eigenvalue weighted by Gasteiger charge is 2.20. The number of rotatable bonds is 7. The highest BCUT2D eigenvalue weighted by molar-refractivity contribution is 6.00. The van der Waals surface area contributed by atoms with Crippen molar-refractivity contribution >= 4 is 17.5 Å². The summed E-state index contributed by atoms with van der Waals surface area (Å²) < 4.78 is 10.5. The lowest BCUT2D eigenvalue weighted by molar-refractivity contribution is -0.148. The number of ether oxygens (including phenoxy) is 2. The second-order valence-corrected chi connectivity index (χ2v) is 6.16. The van der Waals surface area contributed by atoms with E-state index in [1.807, 2.05) is 19.9 Å². The Morgan fingerprint density at radius 2 is 1.54 bits per heavy atom. The minimum atomic E-state index is -0.895. The zero-order chi connectivity index (χ0) is 19.3. The van der Waals surface area contributed by atoms with E-state index in [4.69, 9.17) is 9.47 Å². The average molecular weight is 354 g/mol. The van der Waals surface area contributed by atoms with E-state index in [2.05, 4.69) is 0 Å². The number of hydrogen-bond donors (Lipinski definition) is 0. The monoisotopic (exact) mass is 354 g/mol. The molecule has 0 fully saturated rings. The first-order valence-electron chi connectivity index (χ1n) is 8.32. The number of esters is 1. The van der Waals surface area contributed by atoms with Gasteiger partial charge in [-0.05, 0) is 69.2 Å². The predicted molar refractivity (Wildman–Crippen MR) is 97.7 cm³/mol. The Balaban J connectivity index is 1.89. The third-order valence-corrected chi connectivity index (χ3v) is 4.09. The van der Waals surface area contributed by atoms with Crippen molar-refractivity contribution in [3.63, 3.8) is 0 Å². The average Bonchev–Trinajstić information content (AvgIpc) is 2.62. The van der Waals surface area contributed by atoms with Gasteiger partial charge in [0.15, 0.2) is 18.5 Å². The quantitative estimate of drug-likeness (QED) is 0.560. The molecule has 2 aromatic rings. The second kappa shape index (κ2) is 8.43. The smallest absolute Gasteiger partial charge is 0.344 e. The molecule has 0 saturated carbocycles. The Hall–Kier alpha value is -2.95. The summed E-state index contributed by atoms with van der Waals surface area (Å²) in [6.07, 6.45) is -0.895. The summed E-state index contributed by atoms with van der Waals surface area (Å²) in [5, 5.41) is 0.